The fourth-order valence-corrected chi connectivity index (χ4v) is 3.63. The minimum atomic E-state index is -6.26. The molecule has 2 aromatic carbocycles. The molecule has 12 heteroatoms. The standard InChI is InChI=1S/C25H20F7N3O2/c1-3-15-11-18(23(26,24(27,28)29)25(30,31)32)10-14(2)20(15)35-21(36)16-6-4-8-19(12-16)34-22(37)17-7-5-9-33-13-17/h4-13H,3H2,1-2H3,(H,34,37)(H,35,36). The first kappa shape index (κ1) is 27.6. The van der Waals surface area contributed by atoms with Crippen LogP contribution in [-0.4, -0.2) is 29.2 Å². The van der Waals surface area contributed by atoms with E-state index in [0.717, 1.165) is 6.92 Å². The van der Waals surface area contributed by atoms with Crippen LogP contribution < -0.4 is 10.6 Å². The summed E-state index contributed by atoms with van der Waals surface area (Å²) in [5, 5.41) is 5.06. The molecule has 2 amide bonds. The molecule has 0 spiro atoms. The molecule has 3 rings (SSSR count). The molecular weight excluding hydrogens is 507 g/mol. The second kappa shape index (κ2) is 10.2. The summed E-state index contributed by atoms with van der Waals surface area (Å²) in [6, 6.07) is 9.67. The molecule has 0 bridgehead atoms. The second-order valence-electron chi connectivity index (χ2n) is 8.07. The fourth-order valence-electron chi connectivity index (χ4n) is 3.63. The van der Waals surface area contributed by atoms with Crippen LogP contribution in [0.15, 0.2) is 60.9 Å². The Morgan fingerprint density at radius 1 is 0.838 bits per heavy atom. The molecule has 0 aliphatic heterocycles. The third kappa shape index (κ3) is 5.57. The van der Waals surface area contributed by atoms with Crippen molar-refractivity contribution < 1.29 is 40.3 Å². The van der Waals surface area contributed by atoms with E-state index in [0.29, 0.717) is 12.1 Å². The number of nitrogens with one attached hydrogen (secondary N) is 2. The van der Waals surface area contributed by atoms with Gasteiger partial charge in [0, 0.05) is 34.9 Å². The van der Waals surface area contributed by atoms with Crippen molar-refractivity contribution in [2.45, 2.75) is 38.3 Å². The zero-order valence-corrected chi connectivity index (χ0v) is 19.4. The van der Waals surface area contributed by atoms with Crippen LogP contribution >= 0.6 is 0 Å². The zero-order valence-electron chi connectivity index (χ0n) is 19.4. The second-order valence-corrected chi connectivity index (χ2v) is 8.07. The number of benzene rings is 2. The van der Waals surface area contributed by atoms with Crippen molar-refractivity contribution in [3.8, 4) is 0 Å². The largest absolute Gasteiger partial charge is 0.435 e. The van der Waals surface area contributed by atoms with Gasteiger partial charge in [0.2, 0.25) is 0 Å². The quantitative estimate of drug-likeness (QED) is 0.349. The average Bonchev–Trinajstić information content (AvgIpc) is 2.83. The average molecular weight is 527 g/mol. The number of alkyl halides is 7. The molecule has 2 N–H and O–H groups in total. The number of anilines is 2. The Hall–Kier alpha value is -3.96. The normalized spacial score (nSPS) is 12.2. The number of amides is 2. The summed E-state index contributed by atoms with van der Waals surface area (Å²) in [4.78, 5) is 29.0. The zero-order chi connectivity index (χ0) is 27.6. The minimum Gasteiger partial charge on any atom is -0.322 e. The maximum Gasteiger partial charge on any atom is 0.435 e. The molecule has 1 heterocycles. The molecule has 3 aromatic rings. The summed E-state index contributed by atoms with van der Waals surface area (Å²) < 4.78 is 93.9. The predicted molar refractivity (Wildman–Crippen MR) is 122 cm³/mol. The van der Waals surface area contributed by atoms with Gasteiger partial charge in [-0.3, -0.25) is 14.6 Å². The van der Waals surface area contributed by atoms with Crippen molar-refractivity contribution >= 4 is 23.2 Å². The van der Waals surface area contributed by atoms with E-state index < -0.39 is 35.4 Å². The number of rotatable bonds is 6. The number of aromatic nitrogens is 1. The Kier molecular flexibility index (Phi) is 7.61. The van der Waals surface area contributed by atoms with Gasteiger partial charge in [0.15, 0.2) is 0 Å². The lowest BCUT2D eigenvalue weighted by molar-refractivity contribution is -0.348. The highest BCUT2D eigenvalue weighted by Crippen LogP contribution is 2.53. The minimum absolute atomic E-state index is 0.0416. The summed E-state index contributed by atoms with van der Waals surface area (Å²) >= 11 is 0. The third-order valence-electron chi connectivity index (χ3n) is 5.52. The van der Waals surface area contributed by atoms with E-state index in [-0.39, 0.29) is 40.0 Å². The van der Waals surface area contributed by atoms with Gasteiger partial charge in [-0.1, -0.05) is 19.1 Å². The highest BCUT2D eigenvalue weighted by Gasteiger charge is 2.73. The van der Waals surface area contributed by atoms with Crippen LogP contribution in [0.2, 0.25) is 0 Å². The lowest BCUT2D eigenvalue weighted by atomic mass is 9.89. The molecule has 37 heavy (non-hydrogen) atoms. The molecule has 1 aromatic heterocycles. The van der Waals surface area contributed by atoms with Gasteiger partial charge in [-0.25, -0.2) is 4.39 Å². The Labute approximate surface area is 206 Å². The van der Waals surface area contributed by atoms with E-state index in [1.165, 1.54) is 49.6 Å². The SMILES string of the molecule is CCc1cc(C(F)(C(F)(F)F)C(F)(F)F)cc(C)c1NC(=O)c1cccc(NC(=O)c2cccnc2)c1. The Bertz CT molecular complexity index is 1290. The molecule has 0 aliphatic carbocycles. The highest BCUT2D eigenvalue weighted by molar-refractivity contribution is 6.07. The van der Waals surface area contributed by atoms with Crippen LogP contribution in [0.1, 0.15) is 44.3 Å². The molecule has 0 fully saturated rings. The summed E-state index contributed by atoms with van der Waals surface area (Å²) in [6.07, 6.45) is -9.78. The molecule has 0 unspecified atom stereocenters. The van der Waals surface area contributed by atoms with Crippen LogP contribution in [-0.2, 0) is 12.1 Å². The number of carbonyl (C=O) groups excluding carboxylic acids is 2. The summed E-state index contributed by atoms with van der Waals surface area (Å²) in [6.45, 7) is 2.60. The summed E-state index contributed by atoms with van der Waals surface area (Å²) in [7, 11) is 0. The summed E-state index contributed by atoms with van der Waals surface area (Å²) in [5.74, 6) is -1.24. The van der Waals surface area contributed by atoms with Gasteiger partial charge >= 0.3 is 18.0 Å². The van der Waals surface area contributed by atoms with Gasteiger partial charge in [0.05, 0.1) is 5.56 Å². The van der Waals surface area contributed by atoms with Crippen LogP contribution in [0.25, 0.3) is 0 Å². The predicted octanol–water partition coefficient (Wildman–Crippen LogP) is 6.75. The van der Waals surface area contributed by atoms with E-state index >= 15 is 0 Å². The number of hydrogen-bond acceptors (Lipinski definition) is 3. The van der Waals surface area contributed by atoms with Crippen molar-refractivity contribution in [1.29, 1.82) is 0 Å². The Balaban J connectivity index is 1.91. The first-order valence-corrected chi connectivity index (χ1v) is 10.8. The molecule has 0 aliphatic rings. The fraction of sp³-hybridized carbons (Fsp3) is 0.240. The van der Waals surface area contributed by atoms with E-state index in [4.69, 9.17) is 0 Å². The maximum absolute atomic E-state index is 14.6. The molecule has 0 saturated heterocycles. The van der Waals surface area contributed by atoms with E-state index in [1.807, 2.05) is 0 Å². The highest BCUT2D eigenvalue weighted by atomic mass is 19.4. The van der Waals surface area contributed by atoms with Gasteiger partial charge in [-0.15, -0.1) is 0 Å². The molecule has 0 atom stereocenters. The summed E-state index contributed by atoms with van der Waals surface area (Å²) in [5.41, 5.74) is -7.02. The first-order valence-electron chi connectivity index (χ1n) is 10.8. The third-order valence-corrected chi connectivity index (χ3v) is 5.52. The van der Waals surface area contributed by atoms with Crippen molar-refractivity contribution in [2.24, 2.45) is 0 Å². The lowest BCUT2D eigenvalue weighted by Crippen LogP contribution is -2.50. The van der Waals surface area contributed by atoms with Crippen molar-refractivity contribution in [1.82, 2.24) is 4.98 Å². The van der Waals surface area contributed by atoms with Crippen LogP contribution in [0, 0.1) is 6.92 Å². The van der Waals surface area contributed by atoms with Crippen LogP contribution in [0.3, 0.4) is 0 Å². The molecule has 0 radical (unpaired) electrons. The monoisotopic (exact) mass is 527 g/mol. The number of hydrogen-bond donors (Lipinski definition) is 2. The topological polar surface area (TPSA) is 71.1 Å². The Morgan fingerprint density at radius 2 is 1.46 bits per heavy atom. The van der Waals surface area contributed by atoms with E-state index in [1.54, 1.807) is 6.07 Å². The molecule has 196 valence electrons. The number of aryl methyl sites for hydroxylation is 2. The molecular formula is C25H20F7N3O2. The Morgan fingerprint density at radius 3 is 2.03 bits per heavy atom. The van der Waals surface area contributed by atoms with Gasteiger partial charge in [0.1, 0.15) is 0 Å². The first-order chi connectivity index (χ1) is 17.2. The van der Waals surface area contributed by atoms with Crippen LogP contribution in [0.4, 0.5) is 42.1 Å². The smallest absolute Gasteiger partial charge is 0.322 e. The van der Waals surface area contributed by atoms with Crippen molar-refractivity contribution in [2.75, 3.05) is 10.6 Å². The maximum atomic E-state index is 14.6. The molecule has 5 nitrogen and oxygen atoms in total. The lowest BCUT2D eigenvalue weighted by Gasteiger charge is -2.31. The number of carbonyl (C=O) groups is 2. The van der Waals surface area contributed by atoms with Gasteiger partial charge < -0.3 is 10.6 Å². The van der Waals surface area contributed by atoms with Gasteiger partial charge in [0.25, 0.3) is 11.8 Å². The number of nitrogens with zero attached hydrogens (tertiary/aromatic N) is 1. The molecule has 0 saturated carbocycles. The van der Waals surface area contributed by atoms with Crippen molar-refractivity contribution in [3.05, 3.63) is 88.7 Å². The van der Waals surface area contributed by atoms with E-state index in [2.05, 4.69) is 15.6 Å². The number of pyridine rings is 1. The van der Waals surface area contributed by atoms with Crippen molar-refractivity contribution in [3.63, 3.8) is 0 Å². The van der Waals surface area contributed by atoms with Gasteiger partial charge in [-0.05, 0) is 60.9 Å². The van der Waals surface area contributed by atoms with E-state index in [9.17, 15) is 40.3 Å². The van der Waals surface area contributed by atoms with Crippen LogP contribution in [0.5, 0.6) is 0 Å². The number of halogens is 7. The van der Waals surface area contributed by atoms with Gasteiger partial charge in [-0.2, -0.15) is 26.3 Å².